The summed E-state index contributed by atoms with van der Waals surface area (Å²) in [6.45, 7) is 2.32. The summed E-state index contributed by atoms with van der Waals surface area (Å²) in [7, 11) is 0. The van der Waals surface area contributed by atoms with E-state index in [1.165, 1.54) is 12.0 Å². The second-order valence-electron chi connectivity index (χ2n) is 5.50. The SMILES string of the molecule is CSOCc1cccc(N2CC(OCc3ccccc3)C2)c1F. The van der Waals surface area contributed by atoms with E-state index < -0.39 is 0 Å². The van der Waals surface area contributed by atoms with Crippen molar-refractivity contribution in [1.29, 1.82) is 0 Å². The highest BCUT2D eigenvalue weighted by Crippen LogP contribution is 2.28. The van der Waals surface area contributed by atoms with Crippen molar-refractivity contribution in [3.8, 4) is 0 Å². The highest BCUT2D eigenvalue weighted by molar-refractivity contribution is 7.93. The zero-order valence-corrected chi connectivity index (χ0v) is 13.9. The Morgan fingerprint density at radius 3 is 2.61 bits per heavy atom. The Morgan fingerprint density at radius 2 is 1.87 bits per heavy atom. The molecule has 0 atom stereocenters. The van der Waals surface area contributed by atoms with Gasteiger partial charge < -0.3 is 13.8 Å². The molecule has 0 aromatic heterocycles. The van der Waals surface area contributed by atoms with E-state index in [1.54, 1.807) is 6.07 Å². The van der Waals surface area contributed by atoms with Crippen LogP contribution in [-0.4, -0.2) is 25.4 Å². The fourth-order valence-corrected chi connectivity index (χ4v) is 2.82. The van der Waals surface area contributed by atoms with Crippen LogP contribution in [0.5, 0.6) is 0 Å². The van der Waals surface area contributed by atoms with Gasteiger partial charge in [0.05, 0.1) is 25.0 Å². The van der Waals surface area contributed by atoms with Crippen molar-refractivity contribution in [2.24, 2.45) is 0 Å². The molecule has 0 amide bonds. The molecule has 23 heavy (non-hydrogen) atoms. The van der Waals surface area contributed by atoms with Gasteiger partial charge in [0.2, 0.25) is 0 Å². The molecule has 0 unspecified atom stereocenters. The first-order valence-corrected chi connectivity index (χ1v) is 8.76. The van der Waals surface area contributed by atoms with Crippen LogP contribution in [0.4, 0.5) is 10.1 Å². The van der Waals surface area contributed by atoms with E-state index in [9.17, 15) is 4.39 Å². The third kappa shape index (κ3) is 4.05. The van der Waals surface area contributed by atoms with Crippen molar-refractivity contribution >= 4 is 17.7 Å². The van der Waals surface area contributed by atoms with Gasteiger partial charge >= 0.3 is 0 Å². The van der Waals surface area contributed by atoms with Gasteiger partial charge in [-0.1, -0.05) is 42.5 Å². The van der Waals surface area contributed by atoms with Crippen molar-refractivity contribution in [2.45, 2.75) is 19.3 Å². The summed E-state index contributed by atoms with van der Waals surface area (Å²) >= 11 is 1.24. The molecule has 3 rings (SSSR count). The molecule has 1 heterocycles. The molecule has 0 saturated carbocycles. The van der Waals surface area contributed by atoms with Gasteiger partial charge in [0.25, 0.3) is 0 Å². The molecule has 0 N–H and O–H groups in total. The molecule has 1 fully saturated rings. The third-order valence-corrected chi connectivity index (χ3v) is 4.26. The minimum Gasteiger partial charge on any atom is -0.370 e. The molecule has 2 aromatic carbocycles. The number of benzene rings is 2. The summed E-state index contributed by atoms with van der Waals surface area (Å²) in [5.74, 6) is -0.192. The standard InChI is InChI=1S/C18H20FNO2S/c1-23-22-13-15-8-5-9-17(18(15)19)20-10-16(11-20)21-12-14-6-3-2-4-7-14/h2-9,16H,10-13H2,1H3. The average Bonchev–Trinajstić information content (AvgIpc) is 2.54. The molecule has 122 valence electrons. The zero-order chi connectivity index (χ0) is 16.1. The lowest BCUT2D eigenvalue weighted by atomic mass is 10.1. The summed E-state index contributed by atoms with van der Waals surface area (Å²) in [5, 5.41) is 0. The van der Waals surface area contributed by atoms with Gasteiger partial charge in [0, 0.05) is 24.9 Å². The van der Waals surface area contributed by atoms with Gasteiger partial charge in [0.15, 0.2) is 5.82 Å². The van der Waals surface area contributed by atoms with Crippen molar-refractivity contribution in [3.63, 3.8) is 0 Å². The Bertz CT molecular complexity index is 632. The number of ether oxygens (including phenoxy) is 1. The van der Waals surface area contributed by atoms with Crippen LogP contribution in [0.1, 0.15) is 11.1 Å². The first-order chi connectivity index (χ1) is 11.3. The molecule has 5 heteroatoms. The van der Waals surface area contributed by atoms with Crippen molar-refractivity contribution < 1.29 is 13.3 Å². The maximum Gasteiger partial charge on any atom is 0.152 e. The number of rotatable bonds is 7. The van der Waals surface area contributed by atoms with Gasteiger partial charge in [-0.05, 0) is 23.7 Å². The summed E-state index contributed by atoms with van der Waals surface area (Å²) < 4.78 is 25.6. The van der Waals surface area contributed by atoms with Crippen LogP contribution in [0, 0.1) is 5.82 Å². The smallest absolute Gasteiger partial charge is 0.152 e. The third-order valence-electron chi connectivity index (χ3n) is 3.91. The van der Waals surface area contributed by atoms with E-state index in [1.807, 2.05) is 53.6 Å². The van der Waals surface area contributed by atoms with Gasteiger partial charge in [0.1, 0.15) is 0 Å². The lowest BCUT2D eigenvalue weighted by Crippen LogP contribution is -2.52. The predicted molar refractivity (Wildman–Crippen MR) is 91.9 cm³/mol. The maximum atomic E-state index is 14.5. The van der Waals surface area contributed by atoms with Crippen LogP contribution in [0.3, 0.4) is 0 Å². The predicted octanol–water partition coefficient (Wildman–Crippen LogP) is 4.03. The normalized spacial score (nSPS) is 14.8. The van der Waals surface area contributed by atoms with Gasteiger partial charge in [-0.25, -0.2) is 4.39 Å². The second kappa shape index (κ2) is 7.81. The number of halogens is 1. The Labute approximate surface area is 140 Å². The number of nitrogens with zero attached hydrogens (tertiary/aromatic N) is 1. The largest absolute Gasteiger partial charge is 0.370 e. The van der Waals surface area contributed by atoms with Crippen LogP contribution in [-0.2, 0) is 22.1 Å². The first kappa shape index (κ1) is 16.3. The van der Waals surface area contributed by atoms with E-state index in [2.05, 4.69) is 0 Å². The molecule has 0 aliphatic carbocycles. The molecule has 2 aromatic rings. The van der Waals surface area contributed by atoms with Crippen molar-refractivity contribution in [2.75, 3.05) is 24.2 Å². The Morgan fingerprint density at radius 1 is 1.09 bits per heavy atom. The van der Waals surface area contributed by atoms with Crippen molar-refractivity contribution in [3.05, 3.63) is 65.5 Å². The number of hydrogen-bond acceptors (Lipinski definition) is 4. The van der Waals surface area contributed by atoms with E-state index >= 15 is 0 Å². The molecule has 1 saturated heterocycles. The van der Waals surface area contributed by atoms with Crippen LogP contribution < -0.4 is 4.90 Å². The van der Waals surface area contributed by atoms with E-state index in [-0.39, 0.29) is 18.5 Å². The Hall–Kier alpha value is -1.56. The lowest BCUT2D eigenvalue weighted by molar-refractivity contribution is 0.0221. The molecule has 0 bridgehead atoms. The van der Waals surface area contributed by atoms with E-state index in [0.717, 1.165) is 18.7 Å². The zero-order valence-electron chi connectivity index (χ0n) is 13.1. The van der Waals surface area contributed by atoms with Crippen LogP contribution >= 0.6 is 12.0 Å². The van der Waals surface area contributed by atoms with Gasteiger partial charge in [-0.2, -0.15) is 0 Å². The molecule has 0 radical (unpaired) electrons. The molecule has 1 aliphatic rings. The first-order valence-electron chi connectivity index (χ1n) is 7.61. The van der Waals surface area contributed by atoms with Crippen LogP contribution in [0.15, 0.2) is 48.5 Å². The summed E-state index contributed by atoms with van der Waals surface area (Å²) in [6.07, 6.45) is 1.98. The van der Waals surface area contributed by atoms with Gasteiger partial charge in [-0.15, -0.1) is 0 Å². The minimum absolute atomic E-state index is 0.153. The van der Waals surface area contributed by atoms with Gasteiger partial charge in [-0.3, -0.25) is 0 Å². The van der Waals surface area contributed by atoms with E-state index in [0.29, 0.717) is 17.9 Å². The fourth-order valence-electron chi connectivity index (χ4n) is 2.57. The topological polar surface area (TPSA) is 21.7 Å². The summed E-state index contributed by atoms with van der Waals surface area (Å²) in [6, 6.07) is 15.5. The highest BCUT2D eigenvalue weighted by atomic mass is 32.2. The fraction of sp³-hybridized carbons (Fsp3) is 0.333. The van der Waals surface area contributed by atoms with E-state index in [4.69, 9.17) is 8.92 Å². The van der Waals surface area contributed by atoms with Crippen LogP contribution in [0.25, 0.3) is 0 Å². The quantitative estimate of drug-likeness (QED) is 0.713. The highest BCUT2D eigenvalue weighted by Gasteiger charge is 2.29. The second-order valence-corrected chi connectivity index (χ2v) is 6.07. The lowest BCUT2D eigenvalue weighted by Gasteiger charge is -2.41. The Kier molecular flexibility index (Phi) is 5.54. The summed E-state index contributed by atoms with van der Waals surface area (Å²) in [5.41, 5.74) is 2.38. The monoisotopic (exact) mass is 333 g/mol. The minimum atomic E-state index is -0.192. The number of anilines is 1. The maximum absolute atomic E-state index is 14.5. The molecular weight excluding hydrogens is 313 g/mol. The van der Waals surface area contributed by atoms with Crippen molar-refractivity contribution in [1.82, 2.24) is 0 Å². The Balaban J connectivity index is 1.53. The molecule has 3 nitrogen and oxygen atoms in total. The average molecular weight is 333 g/mol. The molecule has 1 aliphatic heterocycles. The molecule has 0 spiro atoms. The summed E-state index contributed by atoms with van der Waals surface area (Å²) in [4.78, 5) is 2.01. The van der Waals surface area contributed by atoms with Crippen LogP contribution in [0.2, 0.25) is 0 Å². The molecular formula is C18H20FNO2S. The number of hydrogen-bond donors (Lipinski definition) is 0.